The lowest BCUT2D eigenvalue weighted by molar-refractivity contribution is -0.145. The van der Waals surface area contributed by atoms with E-state index in [0.29, 0.717) is 0 Å². The topological polar surface area (TPSA) is 86.7 Å². The van der Waals surface area contributed by atoms with Crippen LogP contribution in [-0.4, -0.2) is 27.0 Å². The van der Waals surface area contributed by atoms with E-state index in [9.17, 15) is 18.0 Å². The van der Waals surface area contributed by atoms with Crippen molar-refractivity contribution in [1.82, 2.24) is 0 Å². The number of hydrogen-bond acceptors (Lipinski definition) is 6. The van der Waals surface area contributed by atoms with Crippen LogP contribution in [0.15, 0.2) is 12.7 Å². The summed E-state index contributed by atoms with van der Waals surface area (Å²) < 4.78 is 28.1. The molecule has 0 aliphatic rings. The molecule has 7 heteroatoms. The molecule has 0 N–H and O–H groups in total. The van der Waals surface area contributed by atoms with Gasteiger partial charge in [-0.2, -0.15) is 8.42 Å². The Kier molecular flexibility index (Phi) is 6.38. The van der Waals surface area contributed by atoms with Crippen molar-refractivity contribution < 1.29 is 26.9 Å². The summed E-state index contributed by atoms with van der Waals surface area (Å²) in [4.78, 5) is 21.4. The van der Waals surface area contributed by atoms with E-state index in [4.69, 9.17) is 0 Å². The summed E-state index contributed by atoms with van der Waals surface area (Å²) in [5.41, 5.74) is 0. The summed E-state index contributed by atoms with van der Waals surface area (Å²) in [6.45, 7) is 3.38. The highest BCUT2D eigenvalue weighted by Crippen LogP contribution is 1.95. The van der Waals surface area contributed by atoms with Gasteiger partial charge in [-0.05, 0) is 0 Å². The van der Waals surface area contributed by atoms with Crippen molar-refractivity contribution in [3.05, 3.63) is 12.7 Å². The molecule has 14 heavy (non-hydrogen) atoms. The number of hydrogen-bond donors (Lipinski definition) is 1. The number of carbonyl (C=O) groups is 2. The molecule has 0 saturated carbocycles. The Hall–Kier alpha value is -1.37. The summed E-state index contributed by atoms with van der Waals surface area (Å²) in [5.74, 6) is -1.58. The maximum atomic E-state index is 10.8. The van der Waals surface area contributed by atoms with Crippen molar-refractivity contribution in [1.29, 1.82) is 0 Å². The van der Waals surface area contributed by atoms with Gasteiger partial charge in [-0.1, -0.05) is 12.7 Å². The van der Waals surface area contributed by atoms with E-state index < -0.39 is 22.9 Å². The lowest BCUT2D eigenvalue weighted by Crippen LogP contribution is -2.09. The van der Waals surface area contributed by atoms with Crippen molar-refractivity contribution >= 4 is 22.9 Å². The van der Waals surface area contributed by atoms with Crippen molar-refractivity contribution in [2.24, 2.45) is 0 Å². The van der Waals surface area contributed by atoms with E-state index in [2.05, 4.69) is 15.5 Å². The lowest BCUT2D eigenvalue weighted by Gasteiger charge is -1.99. The van der Waals surface area contributed by atoms with Crippen molar-refractivity contribution in [3.63, 3.8) is 0 Å². The molecule has 0 aromatic heterocycles. The van der Waals surface area contributed by atoms with Crippen LogP contribution in [0.3, 0.4) is 0 Å². The first-order chi connectivity index (χ1) is 6.56. The quantitative estimate of drug-likeness (QED) is 0.372. The van der Waals surface area contributed by atoms with Gasteiger partial charge in [0.25, 0.3) is 0 Å². The fourth-order valence-corrected chi connectivity index (χ4v) is 0.814. The molecule has 0 aromatic carbocycles. The van der Waals surface area contributed by atoms with Gasteiger partial charge >= 0.3 is 22.9 Å². The van der Waals surface area contributed by atoms with E-state index in [1.807, 2.05) is 0 Å². The molecule has 0 unspecified atom stereocenters. The Bertz CT molecular complexity index is 285. The van der Waals surface area contributed by atoms with Gasteiger partial charge < -0.3 is 8.92 Å². The van der Waals surface area contributed by atoms with Gasteiger partial charge in [0.2, 0.25) is 0 Å². The molecule has 6 nitrogen and oxygen atoms in total. The van der Waals surface area contributed by atoms with E-state index in [1.165, 1.54) is 6.08 Å². The van der Waals surface area contributed by atoms with Gasteiger partial charge in [0.1, 0.15) is 6.61 Å². The summed E-state index contributed by atoms with van der Waals surface area (Å²) in [5, 5.41) is 0. The maximum Gasteiger partial charge on any atom is 0.322 e. The Morgan fingerprint density at radius 3 is 2.29 bits per heavy atom. The minimum Gasteiger partial charge on any atom is -0.461 e. The molecule has 0 radical (unpaired) electrons. The highest BCUT2D eigenvalue weighted by molar-refractivity contribution is 7.67. The third-order valence-corrected chi connectivity index (χ3v) is 1.42. The van der Waals surface area contributed by atoms with Crippen LogP contribution in [0.2, 0.25) is 0 Å². The first-order valence-corrected chi connectivity index (χ1v) is 4.77. The van der Waals surface area contributed by atoms with Crippen LogP contribution in [0.4, 0.5) is 0 Å². The smallest absolute Gasteiger partial charge is 0.322 e. The molecule has 0 rings (SSSR count). The van der Waals surface area contributed by atoms with E-state index in [-0.39, 0.29) is 19.4 Å². The van der Waals surface area contributed by atoms with E-state index >= 15 is 0 Å². The lowest BCUT2D eigenvalue weighted by atomic mass is 10.3. The third kappa shape index (κ3) is 7.29. The molecular weight excluding hydrogens is 212 g/mol. The molecule has 0 amide bonds. The second kappa shape index (κ2) is 7.07. The molecule has 0 atom stereocenters. The summed E-state index contributed by atoms with van der Waals surface area (Å²) >= 11 is 0. The van der Waals surface area contributed by atoms with Gasteiger partial charge in [0.15, 0.2) is 0 Å². The van der Waals surface area contributed by atoms with Gasteiger partial charge in [0.05, 0.1) is 12.8 Å². The maximum absolute atomic E-state index is 10.8. The minimum absolute atomic E-state index is 0.0592. The first kappa shape index (κ1) is 12.6. The summed E-state index contributed by atoms with van der Waals surface area (Å²) in [7, 11) is -3.20. The van der Waals surface area contributed by atoms with Gasteiger partial charge in [-0.25, -0.2) is 0 Å². The summed E-state index contributed by atoms with van der Waals surface area (Å²) in [6, 6.07) is 0. The Labute approximate surface area is 82.7 Å². The van der Waals surface area contributed by atoms with E-state index in [0.717, 1.165) is 0 Å². The highest BCUT2D eigenvalue weighted by Gasteiger charge is 2.08. The molecule has 0 heterocycles. The predicted molar refractivity (Wildman–Crippen MR) is 46.8 cm³/mol. The van der Waals surface area contributed by atoms with Crippen molar-refractivity contribution in [3.8, 4) is 0 Å². The number of thiol groups is 1. The molecule has 0 fully saturated rings. The Balaban J connectivity index is 3.66. The zero-order valence-corrected chi connectivity index (χ0v) is 8.20. The SMILES string of the molecule is C=CCOC(=O)CCC(=O)O[SH](=O)=O. The zero-order chi connectivity index (χ0) is 11.0. The largest absolute Gasteiger partial charge is 0.461 e. The standard InChI is InChI=1S/C7H10O6S/c1-2-5-12-6(8)3-4-7(9)13-14(10)11/h2,14H,1,3-5H2. The van der Waals surface area contributed by atoms with Crippen LogP contribution < -0.4 is 0 Å². The van der Waals surface area contributed by atoms with Crippen LogP contribution in [-0.2, 0) is 29.5 Å². The van der Waals surface area contributed by atoms with Gasteiger partial charge in [-0.3, -0.25) is 9.59 Å². The zero-order valence-electron chi connectivity index (χ0n) is 7.30. The molecule has 0 saturated heterocycles. The normalized spacial score (nSPS) is 9.50. The molecule has 0 aliphatic heterocycles. The number of rotatable bonds is 6. The van der Waals surface area contributed by atoms with Crippen molar-refractivity contribution in [2.45, 2.75) is 12.8 Å². The second-order valence-electron chi connectivity index (χ2n) is 2.16. The second-order valence-corrected chi connectivity index (χ2v) is 2.79. The average molecular weight is 222 g/mol. The van der Waals surface area contributed by atoms with Crippen LogP contribution in [0, 0.1) is 0 Å². The molecular formula is C7H10O6S. The fourth-order valence-electron chi connectivity index (χ4n) is 0.557. The Morgan fingerprint density at radius 2 is 1.79 bits per heavy atom. The van der Waals surface area contributed by atoms with Crippen LogP contribution >= 0.6 is 0 Å². The average Bonchev–Trinajstić information content (AvgIpc) is 2.10. The monoisotopic (exact) mass is 222 g/mol. The predicted octanol–water partition coefficient (Wildman–Crippen LogP) is -0.435. The molecule has 0 aliphatic carbocycles. The fraction of sp³-hybridized carbons (Fsp3) is 0.429. The van der Waals surface area contributed by atoms with E-state index in [1.54, 1.807) is 0 Å². The highest BCUT2D eigenvalue weighted by atomic mass is 32.2. The Morgan fingerprint density at radius 1 is 1.21 bits per heavy atom. The third-order valence-electron chi connectivity index (χ3n) is 1.07. The minimum atomic E-state index is -3.20. The van der Waals surface area contributed by atoms with Crippen LogP contribution in [0.25, 0.3) is 0 Å². The number of ether oxygens (including phenoxy) is 1. The molecule has 80 valence electrons. The van der Waals surface area contributed by atoms with Crippen LogP contribution in [0.5, 0.6) is 0 Å². The number of carbonyl (C=O) groups excluding carboxylic acids is 2. The van der Waals surface area contributed by atoms with Gasteiger partial charge in [-0.15, -0.1) is 0 Å². The summed E-state index contributed by atoms with van der Waals surface area (Å²) in [6.07, 6.45) is 0.847. The van der Waals surface area contributed by atoms with Crippen LogP contribution in [0.1, 0.15) is 12.8 Å². The molecule has 0 bridgehead atoms. The molecule has 0 spiro atoms. The first-order valence-electron chi connectivity index (χ1n) is 3.68. The van der Waals surface area contributed by atoms with Crippen molar-refractivity contribution in [2.75, 3.05) is 6.61 Å². The van der Waals surface area contributed by atoms with Gasteiger partial charge in [0, 0.05) is 0 Å². The number of esters is 1. The molecule has 0 aromatic rings.